The third-order valence-electron chi connectivity index (χ3n) is 10.6. The van der Waals surface area contributed by atoms with Gasteiger partial charge in [-0.15, -0.1) is 0 Å². The highest BCUT2D eigenvalue weighted by atomic mass is 16.5. The zero-order valence-corrected chi connectivity index (χ0v) is 19.9. The summed E-state index contributed by atoms with van der Waals surface area (Å²) >= 11 is 0. The van der Waals surface area contributed by atoms with Crippen LogP contribution in [-0.4, -0.2) is 29.7 Å². The Labute approximate surface area is 187 Å². The Morgan fingerprint density at radius 3 is 2.84 bits per heavy atom. The normalized spacial score (nSPS) is 49.1. The van der Waals surface area contributed by atoms with Crippen LogP contribution in [0.2, 0.25) is 0 Å². The van der Waals surface area contributed by atoms with Gasteiger partial charge in [0.05, 0.1) is 11.7 Å². The van der Waals surface area contributed by atoms with Crippen molar-refractivity contribution >= 4 is 11.5 Å². The molecule has 0 bridgehead atoms. The first-order chi connectivity index (χ1) is 14.8. The first-order valence-electron chi connectivity index (χ1n) is 13.0. The van der Waals surface area contributed by atoms with Crippen molar-refractivity contribution in [3.8, 4) is 0 Å². The molecule has 1 unspecified atom stereocenters. The second-order valence-corrected chi connectivity index (χ2v) is 12.2. The molecule has 3 nitrogen and oxygen atoms in total. The topological polar surface area (TPSA) is 38.7 Å². The molecule has 2 saturated carbocycles. The van der Waals surface area contributed by atoms with E-state index in [1.54, 1.807) is 11.1 Å². The quantitative estimate of drug-likeness (QED) is 0.444. The van der Waals surface area contributed by atoms with Crippen LogP contribution in [0.4, 0.5) is 0 Å². The number of rotatable bonds is 0. The molecule has 168 valence electrons. The molecule has 0 aromatic heterocycles. The number of carbonyl (C=O) groups is 1. The molecule has 6 rings (SSSR count). The van der Waals surface area contributed by atoms with Gasteiger partial charge in [0.15, 0.2) is 5.78 Å². The van der Waals surface area contributed by atoms with Crippen molar-refractivity contribution in [1.29, 1.82) is 0 Å². The van der Waals surface area contributed by atoms with Gasteiger partial charge in [-0.3, -0.25) is 9.79 Å². The molecule has 8 atom stereocenters. The summed E-state index contributed by atoms with van der Waals surface area (Å²) in [6.45, 7) is 10.6. The molecule has 0 N–H and O–H groups in total. The maximum Gasteiger partial charge on any atom is 0.155 e. The van der Waals surface area contributed by atoms with Crippen LogP contribution in [0, 0.1) is 35.0 Å². The third-order valence-corrected chi connectivity index (χ3v) is 10.6. The van der Waals surface area contributed by atoms with Crippen LogP contribution in [-0.2, 0) is 9.53 Å². The maximum atomic E-state index is 12.1. The Balaban J connectivity index is 1.31. The maximum absolute atomic E-state index is 12.1. The van der Waals surface area contributed by atoms with Crippen molar-refractivity contribution in [3.05, 3.63) is 22.8 Å². The van der Waals surface area contributed by atoms with Gasteiger partial charge in [0.25, 0.3) is 0 Å². The number of carbonyl (C=O) groups excluding carboxylic acids is 1. The van der Waals surface area contributed by atoms with Gasteiger partial charge in [-0.05, 0) is 93.5 Å². The monoisotopic (exact) mass is 421 g/mol. The summed E-state index contributed by atoms with van der Waals surface area (Å²) in [4.78, 5) is 17.1. The number of fused-ring (bicyclic) bond motifs is 6. The molecule has 3 fully saturated rings. The minimum absolute atomic E-state index is 0.0225. The molecular formula is C28H39NO2. The zero-order valence-electron chi connectivity index (χ0n) is 19.9. The van der Waals surface area contributed by atoms with E-state index in [4.69, 9.17) is 9.73 Å². The number of aliphatic imine (C=N–C) groups is 1. The Morgan fingerprint density at radius 2 is 2.00 bits per heavy atom. The van der Waals surface area contributed by atoms with Crippen LogP contribution in [0.25, 0.3) is 0 Å². The predicted molar refractivity (Wildman–Crippen MR) is 124 cm³/mol. The lowest BCUT2D eigenvalue weighted by Crippen LogP contribution is -2.41. The van der Waals surface area contributed by atoms with E-state index in [0.717, 1.165) is 56.4 Å². The van der Waals surface area contributed by atoms with Crippen molar-refractivity contribution in [1.82, 2.24) is 0 Å². The van der Waals surface area contributed by atoms with E-state index in [1.165, 1.54) is 37.0 Å². The molecule has 1 spiro atoms. The average molecular weight is 422 g/mol. The van der Waals surface area contributed by atoms with Gasteiger partial charge in [-0.2, -0.15) is 0 Å². The molecule has 4 aliphatic carbocycles. The van der Waals surface area contributed by atoms with Gasteiger partial charge >= 0.3 is 0 Å². The largest absolute Gasteiger partial charge is 0.365 e. The summed E-state index contributed by atoms with van der Waals surface area (Å²) in [6, 6.07) is 0. The van der Waals surface area contributed by atoms with Crippen LogP contribution in [0.3, 0.4) is 0 Å². The highest BCUT2D eigenvalue weighted by molar-refractivity contribution is 5.94. The minimum atomic E-state index is -0.0225. The molecule has 2 heterocycles. The van der Waals surface area contributed by atoms with E-state index in [9.17, 15) is 4.79 Å². The molecule has 2 aliphatic heterocycles. The Bertz CT molecular complexity index is 912. The third kappa shape index (κ3) is 2.87. The van der Waals surface area contributed by atoms with Crippen LogP contribution in [0.1, 0.15) is 85.5 Å². The lowest BCUT2D eigenvalue weighted by Gasteiger charge is -2.48. The molecule has 0 radical (unpaired) electrons. The van der Waals surface area contributed by atoms with Gasteiger partial charge in [-0.1, -0.05) is 37.5 Å². The van der Waals surface area contributed by atoms with E-state index in [0.29, 0.717) is 17.6 Å². The fraction of sp³-hybridized carbons (Fsp3) is 0.786. The van der Waals surface area contributed by atoms with Crippen LogP contribution in [0.5, 0.6) is 0 Å². The molecule has 0 amide bonds. The number of hydrogen-bond acceptors (Lipinski definition) is 3. The van der Waals surface area contributed by atoms with Crippen LogP contribution < -0.4 is 0 Å². The van der Waals surface area contributed by atoms with Gasteiger partial charge in [-0.25, -0.2) is 0 Å². The van der Waals surface area contributed by atoms with E-state index < -0.39 is 0 Å². The molecule has 3 heteroatoms. The smallest absolute Gasteiger partial charge is 0.155 e. The van der Waals surface area contributed by atoms with Crippen molar-refractivity contribution in [2.24, 2.45) is 40.0 Å². The zero-order chi connectivity index (χ0) is 21.5. The number of hydrogen-bond donors (Lipinski definition) is 0. The molecule has 1 saturated heterocycles. The lowest BCUT2D eigenvalue weighted by molar-refractivity contribution is -0.116. The highest BCUT2D eigenvalue weighted by Gasteiger charge is 2.57. The number of nitrogens with zero attached hydrogens (tertiary/aromatic N) is 1. The summed E-state index contributed by atoms with van der Waals surface area (Å²) in [6.07, 6.45) is 12.5. The second-order valence-electron chi connectivity index (χ2n) is 12.2. The fourth-order valence-corrected chi connectivity index (χ4v) is 8.76. The second kappa shape index (κ2) is 6.89. The minimum Gasteiger partial charge on any atom is -0.365 e. The Morgan fingerprint density at radius 1 is 1.16 bits per heavy atom. The summed E-state index contributed by atoms with van der Waals surface area (Å²) in [5.41, 5.74) is 6.47. The predicted octanol–water partition coefficient (Wildman–Crippen LogP) is 6.08. The van der Waals surface area contributed by atoms with E-state index in [2.05, 4.69) is 27.7 Å². The fourth-order valence-electron chi connectivity index (χ4n) is 8.76. The van der Waals surface area contributed by atoms with Crippen molar-refractivity contribution in [2.45, 2.75) is 97.2 Å². The van der Waals surface area contributed by atoms with Crippen molar-refractivity contribution in [3.63, 3.8) is 0 Å². The van der Waals surface area contributed by atoms with Gasteiger partial charge < -0.3 is 4.74 Å². The molecule has 31 heavy (non-hydrogen) atoms. The number of ether oxygens (including phenoxy) is 1. The Kier molecular flexibility index (Phi) is 4.53. The SMILES string of the molecule is CC1=C2C[C@H]3[C@@H](CCC4=CC(=O)CCC43C)[C@@H]2CC[C@@]2(C1)O[C@@H]1C[C@H](C)CN=C1[C@H]2C. The van der Waals surface area contributed by atoms with E-state index in [-0.39, 0.29) is 17.1 Å². The Hall–Kier alpha value is -1.22. The van der Waals surface area contributed by atoms with Crippen molar-refractivity contribution in [2.75, 3.05) is 6.54 Å². The van der Waals surface area contributed by atoms with Crippen LogP contribution >= 0.6 is 0 Å². The number of ketones is 1. The summed E-state index contributed by atoms with van der Waals surface area (Å²) in [7, 11) is 0. The van der Waals surface area contributed by atoms with Gasteiger partial charge in [0.1, 0.15) is 0 Å². The van der Waals surface area contributed by atoms with Crippen LogP contribution in [0.15, 0.2) is 27.8 Å². The standard InChI is InChI=1S/C28H39NO2/c1-16-11-25-26(29-15-16)18(3)28(31-25)10-8-21-22-6-5-19-12-20(30)7-9-27(19,4)24(22)13-23(21)17(2)14-28/h12,16,18,21-22,24-25H,5-11,13-15H2,1-4H3/t16-,18+,21-,22-,24-,25+,27?,28-/m0/s1. The summed E-state index contributed by atoms with van der Waals surface area (Å²) in [5.74, 6) is 3.74. The lowest BCUT2D eigenvalue weighted by atomic mass is 9.56. The molecule has 6 aliphatic rings. The summed E-state index contributed by atoms with van der Waals surface area (Å²) in [5, 5.41) is 0. The van der Waals surface area contributed by atoms with Gasteiger partial charge in [0, 0.05) is 24.6 Å². The molecular weight excluding hydrogens is 382 g/mol. The average Bonchev–Trinajstić information content (AvgIpc) is 3.19. The number of allylic oxidation sites excluding steroid dienone is 3. The van der Waals surface area contributed by atoms with E-state index in [1.807, 2.05) is 6.08 Å². The first-order valence-corrected chi connectivity index (χ1v) is 13.0. The molecule has 0 aromatic carbocycles. The van der Waals surface area contributed by atoms with E-state index >= 15 is 0 Å². The van der Waals surface area contributed by atoms with Crippen molar-refractivity contribution < 1.29 is 9.53 Å². The highest BCUT2D eigenvalue weighted by Crippen LogP contribution is 2.64. The summed E-state index contributed by atoms with van der Waals surface area (Å²) < 4.78 is 6.93. The van der Waals surface area contributed by atoms with Gasteiger partial charge in [0.2, 0.25) is 0 Å². The first kappa shape index (κ1) is 20.4. The molecule has 0 aromatic rings.